The molecule has 7 heteroatoms. The van der Waals surface area contributed by atoms with Gasteiger partial charge in [-0.25, -0.2) is 0 Å². The lowest BCUT2D eigenvalue weighted by atomic mass is 10.1. The van der Waals surface area contributed by atoms with Crippen molar-refractivity contribution in [3.8, 4) is 17.1 Å². The number of hydrogen-bond donors (Lipinski definition) is 0. The van der Waals surface area contributed by atoms with Crippen molar-refractivity contribution in [2.45, 2.75) is 36.2 Å². The number of nitrogens with zero attached hydrogens (tertiary/aromatic N) is 4. The minimum atomic E-state index is -0.380. The summed E-state index contributed by atoms with van der Waals surface area (Å²) in [6.45, 7) is 2.32. The van der Waals surface area contributed by atoms with E-state index in [9.17, 15) is 4.79 Å². The van der Waals surface area contributed by atoms with Crippen LogP contribution in [0.1, 0.15) is 29.2 Å². The lowest BCUT2D eigenvalue weighted by molar-refractivity contribution is -0.129. The molecule has 1 aliphatic rings. The summed E-state index contributed by atoms with van der Waals surface area (Å²) >= 11 is 1.48. The van der Waals surface area contributed by atoms with Crippen molar-refractivity contribution in [3.05, 3.63) is 96.1 Å². The van der Waals surface area contributed by atoms with Gasteiger partial charge in [0.25, 0.3) is 0 Å². The van der Waals surface area contributed by atoms with E-state index in [0.29, 0.717) is 6.54 Å². The minimum Gasteiger partial charge on any atom is -0.496 e. The zero-order valence-corrected chi connectivity index (χ0v) is 21.2. The Morgan fingerprint density at radius 1 is 0.917 bits per heavy atom. The Morgan fingerprint density at radius 2 is 1.58 bits per heavy atom. The van der Waals surface area contributed by atoms with Crippen molar-refractivity contribution < 1.29 is 9.53 Å². The van der Waals surface area contributed by atoms with Gasteiger partial charge >= 0.3 is 0 Å². The fourth-order valence-corrected chi connectivity index (χ4v) is 5.74. The van der Waals surface area contributed by atoms with Gasteiger partial charge in [-0.3, -0.25) is 4.79 Å². The molecule has 0 bridgehead atoms. The van der Waals surface area contributed by atoms with Gasteiger partial charge in [0.05, 0.1) is 12.7 Å². The summed E-state index contributed by atoms with van der Waals surface area (Å²) in [6, 6.07) is 28.3. The third-order valence-corrected chi connectivity index (χ3v) is 7.72. The number of amides is 1. The van der Waals surface area contributed by atoms with Crippen LogP contribution in [0.3, 0.4) is 0 Å². The van der Waals surface area contributed by atoms with Gasteiger partial charge in [0.1, 0.15) is 11.0 Å². The first-order valence-corrected chi connectivity index (χ1v) is 13.2. The zero-order valence-electron chi connectivity index (χ0n) is 20.4. The quantitative estimate of drug-likeness (QED) is 0.279. The molecular weight excluding hydrogens is 468 g/mol. The van der Waals surface area contributed by atoms with E-state index in [2.05, 4.69) is 39.0 Å². The molecular formula is C29H30N4O2S. The molecule has 0 saturated carbocycles. The topological polar surface area (TPSA) is 60.3 Å². The number of hydrogen-bond acceptors (Lipinski definition) is 5. The van der Waals surface area contributed by atoms with Crippen LogP contribution in [0, 0.1) is 0 Å². The molecule has 2 heterocycles. The van der Waals surface area contributed by atoms with Crippen LogP contribution in [-0.4, -0.2) is 45.8 Å². The first kappa shape index (κ1) is 24.1. The zero-order chi connectivity index (χ0) is 24.7. The largest absolute Gasteiger partial charge is 0.496 e. The van der Waals surface area contributed by atoms with E-state index in [-0.39, 0.29) is 11.2 Å². The number of aryl methyl sites for hydroxylation is 1. The molecule has 0 N–H and O–H groups in total. The number of methoxy groups -OCH3 is 1. The van der Waals surface area contributed by atoms with Crippen molar-refractivity contribution in [2.75, 3.05) is 20.2 Å². The molecule has 3 aromatic carbocycles. The van der Waals surface area contributed by atoms with E-state index in [1.807, 2.05) is 65.6 Å². The van der Waals surface area contributed by atoms with Crippen LogP contribution in [0.25, 0.3) is 11.4 Å². The standard InChI is InChI=1S/C29H30N4O2S/c1-35-25-17-9-8-16-24(25)27-30-31-29(33(27)21-18-22-12-4-2-5-13-22)36-26(23-14-6-3-7-15-23)28(34)32-19-10-11-20-32/h2-9,12-17,26H,10-11,18-21H2,1H3. The molecule has 0 aliphatic carbocycles. The highest BCUT2D eigenvalue weighted by Gasteiger charge is 2.31. The summed E-state index contributed by atoms with van der Waals surface area (Å²) in [4.78, 5) is 15.6. The molecule has 36 heavy (non-hydrogen) atoms. The van der Waals surface area contributed by atoms with Gasteiger partial charge < -0.3 is 14.2 Å². The SMILES string of the molecule is COc1ccccc1-c1nnc(SC(C(=O)N2CCCC2)c2ccccc2)n1CCc1ccccc1. The fourth-order valence-electron chi connectivity index (χ4n) is 4.59. The molecule has 1 unspecified atom stereocenters. The summed E-state index contributed by atoms with van der Waals surface area (Å²) in [7, 11) is 1.67. The van der Waals surface area contributed by atoms with Crippen LogP contribution < -0.4 is 4.74 Å². The van der Waals surface area contributed by atoms with E-state index >= 15 is 0 Å². The van der Waals surface area contributed by atoms with Gasteiger partial charge in [-0.1, -0.05) is 84.6 Å². The number of para-hydroxylation sites is 1. The third kappa shape index (κ3) is 5.31. The fraction of sp³-hybridized carbons (Fsp3) is 0.276. The monoisotopic (exact) mass is 498 g/mol. The number of likely N-dealkylation sites (tertiary alicyclic amines) is 1. The van der Waals surface area contributed by atoms with Crippen molar-refractivity contribution in [3.63, 3.8) is 0 Å². The summed E-state index contributed by atoms with van der Waals surface area (Å²) in [6.07, 6.45) is 2.94. The summed E-state index contributed by atoms with van der Waals surface area (Å²) in [5, 5.41) is 9.55. The Balaban J connectivity index is 1.52. The molecule has 1 fully saturated rings. The Morgan fingerprint density at radius 3 is 2.31 bits per heavy atom. The molecule has 1 aliphatic heterocycles. The van der Waals surface area contributed by atoms with Crippen LogP contribution in [0.15, 0.2) is 90.1 Å². The first-order chi connectivity index (χ1) is 17.7. The van der Waals surface area contributed by atoms with Gasteiger partial charge in [0, 0.05) is 19.6 Å². The number of rotatable bonds is 9. The van der Waals surface area contributed by atoms with Crippen molar-refractivity contribution in [1.29, 1.82) is 0 Å². The second-order valence-corrected chi connectivity index (χ2v) is 9.91. The van der Waals surface area contributed by atoms with E-state index in [1.54, 1.807) is 7.11 Å². The molecule has 184 valence electrons. The maximum atomic E-state index is 13.6. The summed E-state index contributed by atoms with van der Waals surface area (Å²) < 4.78 is 7.76. The second-order valence-electron chi connectivity index (χ2n) is 8.83. The van der Waals surface area contributed by atoms with E-state index < -0.39 is 0 Å². The number of carbonyl (C=O) groups is 1. The van der Waals surface area contributed by atoms with E-state index in [0.717, 1.165) is 60.2 Å². The number of carbonyl (C=O) groups excluding carboxylic acids is 1. The molecule has 5 rings (SSSR count). The van der Waals surface area contributed by atoms with Crippen LogP contribution >= 0.6 is 11.8 Å². The third-order valence-electron chi connectivity index (χ3n) is 6.50. The highest BCUT2D eigenvalue weighted by atomic mass is 32.2. The lowest BCUT2D eigenvalue weighted by Gasteiger charge is -2.23. The second kappa shape index (κ2) is 11.4. The maximum absolute atomic E-state index is 13.6. The van der Waals surface area contributed by atoms with Crippen LogP contribution in [0.4, 0.5) is 0 Å². The highest BCUT2D eigenvalue weighted by Crippen LogP contribution is 2.39. The normalized spacial score (nSPS) is 14.1. The lowest BCUT2D eigenvalue weighted by Crippen LogP contribution is -2.31. The van der Waals surface area contributed by atoms with E-state index in [4.69, 9.17) is 4.74 Å². The molecule has 1 aromatic heterocycles. The van der Waals surface area contributed by atoms with Gasteiger partial charge in [-0.15, -0.1) is 10.2 Å². The van der Waals surface area contributed by atoms with E-state index in [1.165, 1.54) is 17.3 Å². The highest BCUT2D eigenvalue weighted by molar-refractivity contribution is 8.00. The molecule has 1 amide bonds. The average Bonchev–Trinajstić information content (AvgIpc) is 3.62. The number of benzene rings is 3. The molecule has 0 spiro atoms. The van der Waals surface area contributed by atoms with Gasteiger partial charge in [-0.05, 0) is 42.5 Å². The van der Waals surface area contributed by atoms with Gasteiger partial charge in [0.2, 0.25) is 5.91 Å². The molecule has 6 nitrogen and oxygen atoms in total. The van der Waals surface area contributed by atoms with Crippen molar-refractivity contribution >= 4 is 17.7 Å². The number of ether oxygens (including phenoxy) is 1. The molecule has 1 atom stereocenters. The van der Waals surface area contributed by atoms with Gasteiger partial charge in [-0.2, -0.15) is 0 Å². The Bertz CT molecular complexity index is 1290. The summed E-state index contributed by atoms with van der Waals surface area (Å²) in [5.41, 5.74) is 3.10. The average molecular weight is 499 g/mol. The number of aromatic nitrogens is 3. The molecule has 0 radical (unpaired) electrons. The minimum absolute atomic E-state index is 0.139. The van der Waals surface area contributed by atoms with Gasteiger partial charge in [0.15, 0.2) is 11.0 Å². The number of thioether (sulfide) groups is 1. The molecule has 4 aromatic rings. The Labute approximate surface area is 216 Å². The van der Waals surface area contributed by atoms with Crippen LogP contribution in [-0.2, 0) is 17.8 Å². The predicted octanol–water partition coefficient (Wildman–Crippen LogP) is 5.65. The maximum Gasteiger partial charge on any atom is 0.240 e. The predicted molar refractivity (Wildman–Crippen MR) is 143 cm³/mol. The summed E-state index contributed by atoms with van der Waals surface area (Å²) in [5.74, 6) is 1.63. The van der Waals surface area contributed by atoms with Crippen molar-refractivity contribution in [1.82, 2.24) is 19.7 Å². The Kier molecular flexibility index (Phi) is 7.67. The van der Waals surface area contributed by atoms with Crippen molar-refractivity contribution in [2.24, 2.45) is 0 Å². The van der Waals surface area contributed by atoms with Crippen LogP contribution in [0.5, 0.6) is 5.75 Å². The smallest absolute Gasteiger partial charge is 0.240 e. The molecule has 1 saturated heterocycles. The van der Waals surface area contributed by atoms with Crippen LogP contribution in [0.2, 0.25) is 0 Å². The Hall–Kier alpha value is -3.58. The first-order valence-electron chi connectivity index (χ1n) is 12.4.